The lowest BCUT2D eigenvalue weighted by atomic mass is 9.35. The first kappa shape index (κ1) is 33.4. The van der Waals surface area contributed by atoms with Gasteiger partial charge in [-0.1, -0.05) is 103 Å². The standard InChI is InChI=1S/C44H56O4/c1-39(2)34-20-23-44(7)35(42(34,5)22-21-36(39)48-38(46)31-16-12-9-13-17-31)19-18-32-33-28-40(3,24-25-41(33,4)26-27-43(32,44)6)29-47-37(45)30-14-10-8-11-15-30/h8-19,34-36H,20-29H2,1-7H3/t34-,35+,36-,40-,41+,42-,43+,44+/m0/s1. The summed E-state index contributed by atoms with van der Waals surface area (Å²) >= 11 is 0. The molecule has 0 saturated heterocycles. The molecule has 2 aromatic carbocycles. The second-order valence-corrected chi connectivity index (χ2v) is 18.2. The van der Waals surface area contributed by atoms with Crippen LogP contribution in [0.1, 0.15) is 127 Å². The molecule has 5 aliphatic carbocycles. The Morgan fingerprint density at radius 1 is 0.729 bits per heavy atom. The van der Waals surface area contributed by atoms with Crippen LogP contribution in [0.5, 0.6) is 0 Å². The van der Waals surface area contributed by atoms with Gasteiger partial charge in [0.25, 0.3) is 0 Å². The summed E-state index contributed by atoms with van der Waals surface area (Å²) in [5.74, 6) is 0.522. The Morgan fingerprint density at radius 2 is 1.35 bits per heavy atom. The van der Waals surface area contributed by atoms with Crippen LogP contribution in [0.3, 0.4) is 0 Å². The van der Waals surface area contributed by atoms with Crippen molar-refractivity contribution < 1.29 is 19.1 Å². The third kappa shape index (κ3) is 5.06. The van der Waals surface area contributed by atoms with Crippen LogP contribution < -0.4 is 0 Å². The molecule has 2 aromatic rings. The number of hydrogen-bond donors (Lipinski definition) is 0. The van der Waals surface area contributed by atoms with Gasteiger partial charge in [0, 0.05) is 10.8 Å². The van der Waals surface area contributed by atoms with Crippen LogP contribution in [0.2, 0.25) is 0 Å². The summed E-state index contributed by atoms with van der Waals surface area (Å²) in [6.07, 6.45) is 15.1. The highest BCUT2D eigenvalue weighted by molar-refractivity contribution is 5.89. The molecule has 256 valence electrons. The summed E-state index contributed by atoms with van der Waals surface area (Å²) < 4.78 is 12.3. The van der Waals surface area contributed by atoms with Gasteiger partial charge >= 0.3 is 11.9 Å². The number of benzene rings is 2. The molecular weight excluding hydrogens is 592 g/mol. The first-order valence-corrected chi connectivity index (χ1v) is 18.6. The molecule has 5 aliphatic rings. The summed E-state index contributed by atoms with van der Waals surface area (Å²) in [5.41, 5.74) is 4.87. The molecule has 8 atom stereocenters. The van der Waals surface area contributed by atoms with Crippen LogP contribution in [0, 0.1) is 44.3 Å². The summed E-state index contributed by atoms with van der Waals surface area (Å²) in [6, 6.07) is 18.9. The molecule has 0 N–H and O–H groups in total. The molecule has 7 rings (SSSR count). The SMILES string of the molecule is CC1(C)[C@@H](OC(=O)c2ccccc2)CC[C@]2(C)[C@H]3C=CC4=C5C[C@@](C)(COC(=O)c6ccccc6)CC[C@]5(C)CC[C@@]4(C)[C@]3(C)CC[C@@H]12. The molecule has 0 aromatic heterocycles. The Kier molecular flexibility index (Phi) is 7.96. The maximum absolute atomic E-state index is 13.2. The largest absolute Gasteiger partial charge is 0.462 e. The molecule has 0 spiro atoms. The van der Waals surface area contributed by atoms with E-state index in [0.717, 1.165) is 38.5 Å². The van der Waals surface area contributed by atoms with Crippen molar-refractivity contribution >= 4 is 11.9 Å². The fraction of sp³-hybridized carbons (Fsp3) is 0.591. The van der Waals surface area contributed by atoms with Gasteiger partial charge in [-0.15, -0.1) is 0 Å². The Bertz CT molecular complexity index is 1640. The van der Waals surface area contributed by atoms with Gasteiger partial charge in [-0.3, -0.25) is 0 Å². The minimum Gasteiger partial charge on any atom is -0.462 e. The number of esters is 2. The van der Waals surface area contributed by atoms with Crippen molar-refractivity contribution in [3.63, 3.8) is 0 Å². The highest BCUT2D eigenvalue weighted by Crippen LogP contribution is 2.74. The third-order valence-corrected chi connectivity index (χ3v) is 15.1. The lowest BCUT2D eigenvalue weighted by molar-refractivity contribution is -0.183. The van der Waals surface area contributed by atoms with Gasteiger partial charge in [0.2, 0.25) is 0 Å². The minimum absolute atomic E-state index is 0.0701. The van der Waals surface area contributed by atoms with Crippen LogP contribution in [0.4, 0.5) is 0 Å². The predicted molar refractivity (Wildman–Crippen MR) is 191 cm³/mol. The van der Waals surface area contributed by atoms with Crippen LogP contribution in [0.15, 0.2) is 84.0 Å². The summed E-state index contributed by atoms with van der Waals surface area (Å²) in [5, 5.41) is 0. The molecule has 0 unspecified atom stereocenters. The van der Waals surface area contributed by atoms with Gasteiger partial charge < -0.3 is 9.47 Å². The number of allylic oxidation sites excluding steroid dienone is 4. The zero-order valence-corrected chi connectivity index (χ0v) is 30.4. The van der Waals surface area contributed by atoms with Crippen molar-refractivity contribution in [3.05, 3.63) is 95.1 Å². The molecule has 0 aliphatic heterocycles. The molecule has 4 nitrogen and oxygen atoms in total. The Labute approximate surface area is 288 Å². The van der Waals surface area contributed by atoms with E-state index in [-0.39, 0.29) is 50.5 Å². The molecule has 0 heterocycles. The second-order valence-electron chi connectivity index (χ2n) is 18.2. The van der Waals surface area contributed by atoms with Crippen molar-refractivity contribution in [2.45, 2.75) is 112 Å². The first-order chi connectivity index (χ1) is 22.7. The topological polar surface area (TPSA) is 52.6 Å². The smallest absolute Gasteiger partial charge is 0.338 e. The highest BCUT2D eigenvalue weighted by atomic mass is 16.5. The molecule has 3 saturated carbocycles. The summed E-state index contributed by atoms with van der Waals surface area (Å²) in [4.78, 5) is 26.1. The Hall–Kier alpha value is -3.14. The van der Waals surface area contributed by atoms with E-state index in [9.17, 15) is 9.59 Å². The maximum atomic E-state index is 13.2. The Balaban J connectivity index is 1.17. The average Bonchev–Trinajstić information content (AvgIpc) is 3.07. The van der Waals surface area contributed by atoms with E-state index in [2.05, 4.69) is 60.6 Å². The van der Waals surface area contributed by atoms with E-state index in [4.69, 9.17) is 9.47 Å². The summed E-state index contributed by atoms with van der Waals surface area (Å²) in [7, 11) is 0. The van der Waals surface area contributed by atoms with Gasteiger partial charge in [-0.05, 0) is 121 Å². The van der Waals surface area contributed by atoms with Crippen molar-refractivity contribution in [2.24, 2.45) is 44.3 Å². The van der Waals surface area contributed by atoms with E-state index in [1.54, 1.807) is 11.1 Å². The number of carbonyl (C=O) groups excluding carboxylic acids is 2. The quantitative estimate of drug-likeness (QED) is 0.303. The van der Waals surface area contributed by atoms with Gasteiger partial charge in [0.1, 0.15) is 6.10 Å². The van der Waals surface area contributed by atoms with Crippen molar-refractivity contribution in [2.75, 3.05) is 6.61 Å². The first-order valence-electron chi connectivity index (χ1n) is 18.6. The molecule has 48 heavy (non-hydrogen) atoms. The molecule has 0 radical (unpaired) electrons. The minimum atomic E-state index is -0.221. The number of fused-ring (bicyclic) bond motifs is 6. The second kappa shape index (κ2) is 11.5. The number of ether oxygens (including phenoxy) is 2. The van der Waals surface area contributed by atoms with Gasteiger partial charge in [0.15, 0.2) is 0 Å². The van der Waals surface area contributed by atoms with Crippen LogP contribution in [-0.2, 0) is 9.47 Å². The molecular formula is C44H56O4. The van der Waals surface area contributed by atoms with Crippen molar-refractivity contribution in [1.29, 1.82) is 0 Å². The van der Waals surface area contributed by atoms with Gasteiger partial charge in [-0.2, -0.15) is 0 Å². The number of hydrogen-bond acceptors (Lipinski definition) is 4. The molecule has 0 amide bonds. The third-order valence-electron chi connectivity index (χ3n) is 15.1. The van der Waals surface area contributed by atoms with Gasteiger partial charge in [0.05, 0.1) is 17.7 Å². The average molecular weight is 649 g/mol. The summed E-state index contributed by atoms with van der Waals surface area (Å²) in [6.45, 7) is 17.8. The van der Waals surface area contributed by atoms with Crippen molar-refractivity contribution in [3.8, 4) is 0 Å². The van der Waals surface area contributed by atoms with Gasteiger partial charge in [-0.25, -0.2) is 9.59 Å². The van der Waals surface area contributed by atoms with Crippen LogP contribution >= 0.6 is 0 Å². The molecule has 4 heteroatoms. The van der Waals surface area contributed by atoms with Crippen molar-refractivity contribution in [1.82, 2.24) is 0 Å². The lowest BCUT2D eigenvalue weighted by Crippen LogP contribution is -2.63. The van der Waals surface area contributed by atoms with E-state index in [1.807, 2.05) is 60.7 Å². The maximum Gasteiger partial charge on any atom is 0.338 e. The predicted octanol–water partition coefficient (Wildman–Crippen LogP) is 10.8. The number of rotatable bonds is 5. The molecule has 3 fully saturated rings. The Morgan fingerprint density at radius 3 is 2.02 bits per heavy atom. The lowest BCUT2D eigenvalue weighted by Gasteiger charge is -2.69. The van der Waals surface area contributed by atoms with E-state index >= 15 is 0 Å². The van der Waals surface area contributed by atoms with E-state index in [0.29, 0.717) is 29.6 Å². The fourth-order valence-electron chi connectivity index (χ4n) is 11.7. The van der Waals surface area contributed by atoms with E-state index in [1.165, 1.54) is 19.3 Å². The number of carbonyl (C=O) groups is 2. The molecule has 0 bridgehead atoms. The van der Waals surface area contributed by atoms with Crippen LogP contribution in [0.25, 0.3) is 0 Å². The monoisotopic (exact) mass is 648 g/mol. The van der Waals surface area contributed by atoms with Crippen LogP contribution in [-0.4, -0.2) is 24.6 Å². The normalized spacial score (nSPS) is 39.7. The zero-order valence-electron chi connectivity index (χ0n) is 30.4. The zero-order chi connectivity index (χ0) is 34.2. The fourth-order valence-corrected chi connectivity index (χ4v) is 11.7. The highest BCUT2D eigenvalue weighted by Gasteiger charge is 2.67. The van der Waals surface area contributed by atoms with E-state index < -0.39 is 0 Å².